The Morgan fingerprint density at radius 3 is 2.50 bits per heavy atom. The summed E-state index contributed by atoms with van der Waals surface area (Å²) in [6.07, 6.45) is 0. The van der Waals surface area contributed by atoms with Gasteiger partial charge in [-0.15, -0.1) is 0 Å². The number of aliphatic hydroxyl groups is 1. The smallest absolute Gasteiger partial charge is 0.337 e. The van der Waals surface area contributed by atoms with Crippen LogP contribution in [0.3, 0.4) is 0 Å². The van der Waals surface area contributed by atoms with Crippen molar-refractivity contribution >= 4 is 23.5 Å². The summed E-state index contributed by atoms with van der Waals surface area (Å²) in [5.41, 5.74) is -0.181. The summed E-state index contributed by atoms with van der Waals surface area (Å²) in [5.74, 6) is -1.64. The standard InChI is InChI=1S/C13H16ClNO5/c1-7(6-16)5-15-12(17)9-3-8(20-2)4-10(11(9)14)13(18)19/h3-4,7,16H,5-6H2,1-2H3,(H,15,17)(H,18,19)/t7-/m0/s1. The molecule has 0 radical (unpaired) electrons. The summed E-state index contributed by atoms with van der Waals surface area (Å²) in [7, 11) is 1.37. The van der Waals surface area contributed by atoms with E-state index in [1.165, 1.54) is 19.2 Å². The number of halogens is 1. The minimum atomic E-state index is -1.24. The quantitative estimate of drug-likeness (QED) is 0.738. The average molecular weight is 302 g/mol. The van der Waals surface area contributed by atoms with Crippen molar-refractivity contribution in [3.05, 3.63) is 28.3 Å². The van der Waals surface area contributed by atoms with E-state index in [1.54, 1.807) is 6.92 Å². The van der Waals surface area contributed by atoms with Gasteiger partial charge in [-0.2, -0.15) is 0 Å². The van der Waals surface area contributed by atoms with Gasteiger partial charge < -0.3 is 20.3 Å². The molecule has 1 aromatic carbocycles. The predicted octanol–water partition coefficient (Wildman–Crippen LogP) is 1.41. The summed E-state index contributed by atoms with van der Waals surface area (Å²) in [4.78, 5) is 23.1. The lowest BCUT2D eigenvalue weighted by Crippen LogP contribution is -2.30. The number of carbonyl (C=O) groups excluding carboxylic acids is 1. The van der Waals surface area contributed by atoms with Gasteiger partial charge >= 0.3 is 5.97 Å². The largest absolute Gasteiger partial charge is 0.497 e. The van der Waals surface area contributed by atoms with Crippen molar-refractivity contribution in [2.45, 2.75) is 6.92 Å². The molecule has 0 aromatic heterocycles. The van der Waals surface area contributed by atoms with Crippen molar-refractivity contribution in [1.82, 2.24) is 5.32 Å². The summed E-state index contributed by atoms with van der Waals surface area (Å²) in [6, 6.07) is 2.62. The number of ether oxygens (including phenoxy) is 1. The molecular formula is C13H16ClNO5. The molecule has 0 bridgehead atoms. The molecule has 7 heteroatoms. The number of nitrogens with one attached hydrogen (secondary N) is 1. The third-order valence-electron chi connectivity index (χ3n) is 2.68. The summed E-state index contributed by atoms with van der Waals surface area (Å²) < 4.78 is 4.96. The Morgan fingerprint density at radius 1 is 1.40 bits per heavy atom. The molecule has 1 rings (SSSR count). The minimum Gasteiger partial charge on any atom is -0.497 e. The van der Waals surface area contributed by atoms with E-state index in [1.807, 2.05) is 0 Å². The maximum atomic E-state index is 12.0. The predicted molar refractivity (Wildman–Crippen MR) is 73.5 cm³/mol. The van der Waals surface area contributed by atoms with E-state index in [9.17, 15) is 9.59 Å². The molecule has 0 saturated heterocycles. The molecule has 6 nitrogen and oxygen atoms in total. The van der Waals surface area contributed by atoms with Crippen LogP contribution in [0.2, 0.25) is 5.02 Å². The Morgan fingerprint density at radius 2 is 2.00 bits per heavy atom. The molecule has 1 aromatic rings. The van der Waals surface area contributed by atoms with E-state index in [2.05, 4.69) is 5.32 Å². The van der Waals surface area contributed by atoms with Gasteiger partial charge in [-0.3, -0.25) is 4.79 Å². The zero-order chi connectivity index (χ0) is 15.3. The van der Waals surface area contributed by atoms with E-state index < -0.39 is 11.9 Å². The topological polar surface area (TPSA) is 95.9 Å². The number of carboxylic acid groups (broad SMARTS) is 1. The van der Waals surface area contributed by atoms with Crippen molar-refractivity contribution in [2.24, 2.45) is 5.92 Å². The molecule has 0 unspecified atom stereocenters. The number of benzene rings is 1. The Hall–Kier alpha value is -1.79. The molecule has 1 atom stereocenters. The highest BCUT2D eigenvalue weighted by Crippen LogP contribution is 2.27. The number of carbonyl (C=O) groups is 2. The SMILES string of the molecule is COc1cc(C(=O)O)c(Cl)c(C(=O)NC[C@H](C)CO)c1. The van der Waals surface area contributed by atoms with Crippen LogP contribution < -0.4 is 10.1 Å². The van der Waals surface area contributed by atoms with Gasteiger partial charge in [-0.1, -0.05) is 18.5 Å². The summed E-state index contributed by atoms with van der Waals surface area (Å²) >= 11 is 5.93. The first kappa shape index (κ1) is 16.3. The van der Waals surface area contributed by atoms with Gasteiger partial charge in [0.25, 0.3) is 5.91 Å². The van der Waals surface area contributed by atoms with Crippen LogP contribution in [0.4, 0.5) is 0 Å². The molecule has 3 N–H and O–H groups in total. The molecule has 0 aliphatic heterocycles. The van der Waals surface area contributed by atoms with E-state index in [0.29, 0.717) is 0 Å². The third kappa shape index (κ3) is 3.85. The van der Waals surface area contributed by atoms with Crippen molar-refractivity contribution in [3.63, 3.8) is 0 Å². The number of hydrogen-bond donors (Lipinski definition) is 3. The maximum Gasteiger partial charge on any atom is 0.337 e. The van der Waals surface area contributed by atoms with Crippen molar-refractivity contribution < 1.29 is 24.5 Å². The van der Waals surface area contributed by atoms with Crippen molar-refractivity contribution in [1.29, 1.82) is 0 Å². The van der Waals surface area contributed by atoms with Gasteiger partial charge in [0.15, 0.2) is 0 Å². The maximum absolute atomic E-state index is 12.0. The zero-order valence-electron chi connectivity index (χ0n) is 11.1. The second-order valence-electron chi connectivity index (χ2n) is 4.34. The fourth-order valence-corrected chi connectivity index (χ4v) is 1.74. The van der Waals surface area contributed by atoms with Crippen LogP contribution in [0.1, 0.15) is 27.6 Å². The van der Waals surface area contributed by atoms with Crippen LogP contribution in [0.5, 0.6) is 5.75 Å². The highest BCUT2D eigenvalue weighted by atomic mass is 35.5. The normalized spacial score (nSPS) is 11.8. The van der Waals surface area contributed by atoms with Gasteiger partial charge in [0, 0.05) is 13.2 Å². The lowest BCUT2D eigenvalue weighted by molar-refractivity contribution is 0.0696. The molecule has 1 amide bonds. The molecule has 0 spiro atoms. The van der Waals surface area contributed by atoms with Gasteiger partial charge in [-0.05, 0) is 18.1 Å². The van der Waals surface area contributed by atoms with Gasteiger partial charge in [0.05, 0.1) is 23.3 Å². The molecular weight excluding hydrogens is 286 g/mol. The lowest BCUT2D eigenvalue weighted by Gasteiger charge is -2.12. The van der Waals surface area contributed by atoms with Gasteiger partial charge in [-0.25, -0.2) is 4.79 Å². The Bertz CT molecular complexity index is 518. The van der Waals surface area contributed by atoms with Crippen LogP contribution in [-0.2, 0) is 0 Å². The number of rotatable bonds is 6. The molecule has 0 heterocycles. The fraction of sp³-hybridized carbons (Fsp3) is 0.385. The van der Waals surface area contributed by atoms with Crippen LogP contribution >= 0.6 is 11.6 Å². The first-order valence-electron chi connectivity index (χ1n) is 5.90. The minimum absolute atomic E-state index is 0.0218. The third-order valence-corrected chi connectivity index (χ3v) is 3.09. The molecule has 0 aliphatic rings. The number of amides is 1. The number of aromatic carboxylic acids is 1. The lowest BCUT2D eigenvalue weighted by atomic mass is 10.1. The highest BCUT2D eigenvalue weighted by molar-refractivity contribution is 6.36. The van der Waals surface area contributed by atoms with E-state index in [4.69, 9.17) is 26.6 Å². The summed E-state index contributed by atoms with van der Waals surface area (Å²) in [6.45, 7) is 1.95. The van der Waals surface area contributed by atoms with Crippen molar-refractivity contribution in [2.75, 3.05) is 20.3 Å². The second-order valence-corrected chi connectivity index (χ2v) is 4.72. The number of carboxylic acids is 1. The number of methoxy groups -OCH3 is 1. The molecule has 20 heavy (non-hydrogen) atoms. The molecule has 110 valence electrons. The number of aliphatic hydroxyl groups excluding tert-OH is 1. The molecule has 0 aliphatic carbocycles. The monoisotopic (exact) mass is 301 g/mol. The van der Waals surface area contributed by atoms with Crippen LogP contribution in [-0.4, -0.2) is 42.4 Å². The average Bonchev–Trinajstić information content (AvgIpc) is 2.44. The van der Waals surface area contributed by atoms with Crippen LogP contribution in [0.15, 0.2) is 12.1 Å². The van der Waals surface area contributed by atoms with Crippen molar-refractivity contribution in [3.8, 4) is 5.75 Å². The van der Waals surface area contributed by atoms with Gasteiger partial charge in [0.1, 0.15) is 5.75 Å². The van der Waals surface area contributed by atoms with E-state index in [-0.39, 0.29) is 41.0 Å². The fourth-order valence-electron chi connectivity index (χ4n) is 1.46. The Kier molecular flexibility index (Phi) is 5.79. The van der Waals surface area contributed by atoms with E-state index >= 15 is 0 Å². The van der Waals surface area contributed by atoms with Crippen LogP contribution in [0, 0.1) is 5.92 Å². The summed E-state index contributed by atoms with van der Waals surface area (Å²) in [5, 5.41) is 20.4. The van der Waals surface area contributed by atoms with Gasteiger partial charge in [0.2, 0.25) is 0 Å². The molecule has 0 saturated carbocycles. The second kappa shape index (κ2) is 7.12. The van der Waals surface area contributed by atoms with Crippen LogP contribution in [0.25, 0.3) is 0 Å². The first-order valence-corrected chi connectivity index (χ1v) is 6.28. The first-order chi connectivity index (χ1) is 9.40. The molecule has 0 fully saturated rings. The highest BCUT2D eigenvalue weighted by Gasteiger charge is 2.20. The number of hydrogen-bond acceptors (Lipinski definition) is 4. The zero-order valence-corrected chi connectivity index (χ0v) is 11.9. The Labute approximate surface area is 121 Å². The Balaban J connectivity index is 3.07. The van der Waals surface area contributed by atoms with E-state index in [0.717, 1.165) is 0 Å².